The molecule has 0 heterocycles. The topological polar surface area (TPSA) is 0 Å². The summed E-state index contributed by atoms with van der Waals surface area (Å²) in [7, 11) is 0. The van der Waals surface area contributed by atoms with Crippen molar-refractivity contribution in [3.63, 3.8) is 0 Å². The molecule has 0 radical (unpaired) electrons. The van der Waals surface area contributed by atoms with Crippen LogP contribution in [0.15, 0.2) is 133 Å². The average molecular weight is 471 g/mol. The molecule has 0 fully saturated rings. The van der Waals surface area contributed by atoms with E-state index in [9.17, 15) is 0 Å². The maximum atomic E-state index is 2.48. The zero-order valence-corrected chi connectivity index (χ0v) is 20.8. The Bertz CT molecular complexity index is 1860. The van der Waals surface area contributed by atoms with Gasteiger partial charge in [0.05, 0.1) is 5.41 Å². The summed E-state index contributed by atoms with van der Waals surface area (Å²) in [6, 6.07) is 38.7. The van der Waals surface area contributed by atoms with Crippen LogP contribution in [-0.2, 0) is 5.41 Å². The van der Waals surface area contributed by atoms with Crippen LogP contribution in [-0.4, -0.2) is 0 Å². The lowest BCUT2D eigenvalue weighted by Gasteiger charge is -2.32. The highest BCUT2D eigenvalue weighted by Gasteiger charge is 2.52. The van der Waals surface area contributed by atoms with E-state index in [0.29, 0.717) is 0 Å². The number of benzene rings is 5. The van der Waals surface area contributed by atoms with Crippen LogP contribution < -0.4 is 0 Å². The lowest BCUT2D eigenvalue weighted by Crippen LogP contribution is -2.27. The summed E-state index contributed by atoms with van der Waals surface area (Å²) in [5.74, 6) is 0. The standard InChI is InChI=1S/C37H26/c1-24-15-19-31-32-20-18-28(27-17-16-25-9-5-6-10-26(25)22-27)23-36(32)37(35(31)21-24)33-13-4-2-3-11-29(33)30-12-7-8-14-34(30)37/h3-23H,2H2,1H3. The predicted octanol–water partition coefficient (Wildman–Crippen LogP) is 9.41. The summed E-state index contributed by atoms with van der Waals surface area (Å²) in [6.07, 6.45) is 10.3. The Morgan fingerprint density at radius 1 is 0.541 bits per heavy atom. The molecule has 0 saturated heterocycles. The van der Waals surface area contributed by atoms with Crippen molar-refractivity contribution in [2.24, 2.45) is 0 Å². The van der Waals surface area contributed by atoms with Gasteiger partial charge in [0.15, 0.2) is 0 Å². The van der Waals surface area contributed by atoms with Crippen LogP contribution in [0.25, 0.3) is 38.6 Å². The highest BCUT2D eigenvalue weighted by atomic mass is 14.5. The number of hydrogen-bond donors (Lipinski definition) is 0. The van der Waals surface area contributed by atoms with E-state index in [2.05, 4.69) is 134 Å². The van der Waals surface area contributed by atoms with E-state index < -0.39 is 0 Å². The van der Waals surface area contributed by atoms with Crippen LogP contribution in [0, 0.1) is 6.92 Å². The van der Waals surface area contributed by atoms with Gasteiger partial charge in [-0.05, 0) is 91.9 Å². The van der Waals surface area contributed by atoms with Crippen molar-refractivity contribution in [3.8, 4) is 22.3 Å². The van der Waals surface area contributed by atoms with E-state index in [-0.39, 0.29) is 5.41 Å². The summed E-state index contributed by atoms with van der Waals surface area (Å²) in [4.78, 5) is 0. The minimum atomic E-state index is -0.305. The lowest BCUT2D eigenvalue weighted by molar-refractivity contribution is 0.785. The molecule has 0 heteroatoms. The first-order valence-corrected chi connectivity index (χ1v) is 13.2. The van der Waals surface area contributed by atoms with Gasteiger partial charge in [0.25, 0.3) is 0 Å². The largest absolute Gasteiger partial charge is 0.0804 e. The van der Waals surface area contributed by atoms with Gasteiger partial charge in [-0.3, -0.25) is 0 Å². The van der Waals surface area contributed by atoms with E-state index >= 15 is 0 Å². The van der Waals surface area contributed by atoms with E-state index in [1.807, 2.05) is 0 Å². The molecule has 5 aromatic carbocycles. The van der Waals surface area contributed by atoms with Gasteiger partial charge < -0.3 is 0 Å². The molecule has 0 aromatic heterocycles. The summed E-state index contributed by atoms with van der Waals surface area (Å²) in [5, 5.41) is 2.56. The van der Waals surface area contributed by atoms with Crippen molar-refractivity contribution in [1.82, 2.24) is 0 Å². The summed E-state index contributed by atoms with van der Waals surface area (Å²) >= 11 is 0. The third-order valence-corrected chi connectivity index (χ3v) is 8.53. The number of rotatable bonds is 1. The number of aryl methyl sites for hydroxylation is 1. The number of fused-ring (bicyclic) bond motifs is 10. The van der Waals surface area contributed by atoms with Gasteiger partial charge in [0.1, 0.15) is 0 Å². The first kappa shape index (κ1) is 20.7. The van der Waals surface area contributed by atoms with E-state index in [1.54, 1.807) is 0 Å². The highest BCUT2D eigenvalue weighted by Crippen LogP contribution is 2.63. The molecule has 0 nitrogen and oxygen atoms in total. The quantitative estimate of drug-likeness (QED) is 0.229. The van der Waals surface area contributed by atoms with Crippen molar-refractivity contribution >= 4 is 16.3 Å². The molecule has 0 N–H and O–H groups in total. The van der Waals surface area contributed by atoms with Gasteiger partial charge >= 0.3 is 0 Å². The summed E-state index contributed by atoms with van der Waals surface area (Å²) in [6.45, 7) is 2.22. The molecule has 3 aliphatic rings. The molecule has 8 rings (SSSR count). The van der Waals surface area contributed by atoms with Crippen LogP contribution in [0.4, 0.5) is 0 Å². The SMILES string of the molecule is Cc1ccc2c(c1)C1(C3=C(C=CCC=C3)c3ccccc31)c1cc(-c3ccc4ccccc4c3)ccc1-2. The molecule has 1 unspecified atom stereocenters. The molecule has 3 aliphatic carbocycles. The van der Waals surface area contributed by atoms with Gasteiger partial charge in [-0.25, -0.2) is 0 Å². The summed E-state index contributed by atoms with van der Waals surface area (Å²) in [5.41, 5.74) is 14.6. The van der Waals surface area contributed by atoms with Crippen molar-refractivity contribution in [2.75, 3.05) is 0 Å². The Morgan fingerprint density at radius 2 is 1.24 bits per heavy atom. The van der Waals surface area contributed by atoms with Gasteiger partial charge in [0, 0.05) is 0 Å². The van der Waals surface area contributed by atoms with Gasteiger partial charge in [-0.2, -0.15) is 0 Å². The Balaban J connectivity index is 1.47. The molecule has 5 aromatic rings. The molecule has 0 aliphatic heterocycles. The predicted molar refractivity (Wildman–Crippen MR) is 156 cm³/mol. The minimum absolute atomic E-state index is 0.305. The zero-order valence-electron chi connectivity index (χ0n) is 20.8. The fraction of sp³-hybridized carbons (Fsp3) is 0.0811. The molecule has 1 spiro atoms. The Kier molecular flexibility index (Phi) is 4.23. The first-order chi connectivity index (χ1) is 18.2. The van der Waals surface area contributed by atoms with Gasteiger partial charge in [-0.15, -0.1) is 0 Å². The van der Waals surface area contributed by atoms with Gasteiger partial charge in [-0.1, -0.05) is 121 Å². The smallest absolute Gasteiger partial charge is 0.0725 e. The fourth-order valence-corrected chi connectivity index (χ4v) is 6.95. The van der Waals surface area contributed by atoms with Crippen molar-refractivity contribution in [1.29, 1.82) is 0 Å². The highest BCUT2D eigenvalue weighted by molar-refractivity contribution is 5.99. The van der Waals surface area contributed by atoms with Crippen LogP contribution in [0.1, 0.15) is 34.2 Å². The van der Waals surface area contributed by atoms with Crippen LogP contribution in [0.3, 0.4) is 0 Å². The van der Waals surface area contributed by atoms with Crippen LogP contribution >= 0.6 is 0 Å². The Hall–Kier alpha value is -4.42. The second-order valence-electron chi connectivity index (χ2n) is 10.5. The molecule has 37 heavy (non-hydrogen) atoms. The second kappa shape index (κ2) is 7.54. The van der Waals surface area contributed by atoms with E-state index in [0.717, 1.165) is 6.42 Å². The normalized spacial score (nSPS) is 18.6. The van der Waals surface area contributed by atoms with Crippen LogP contribution in [0.2, 0.25) is 0 Å². The molecule has 174 valence electrons. The minimum Gasteiger partial charge on any atom is -0.0804 e. The molecule has 0 bridgehead atoms. The summed E-state index contributed by atoms with van der Waals surface area (Å²) < 4.78 is 0. The lowest BCUT2D eigenvalue weighted by atomic mass is 9.69. The van der Waals surface area contributed by atoms with E-state index in [4.69, 9.17) is 0 Å². The van der Waals surface area contributed by atoms with Crippen LogP contribution in [0.5, 0.6) is 0 Å². The molecular formula is C37H26. The number of hydrogen-bond acceptors (Lipinski definition) is 0. The third kappa shape index (κ3) is 2.73. The van der Waals surface area contributed by atoms with Crippen molar-refractivity contribution in [3.05, 3.63) is 161 Å². The zero-order chi connectivity index (χ0) is 24.6. The number of allylic oxidation sites excluding steroid dienone is 6. The molecular weight excluding hydrogens is 444 g/mol. The average Bonchev–Trinajstić information content (AvgIpc) is 3.22. The Morgan fingerprint density at radius 3 is 2.16 bits per heavy atom. The molecule has 0 amide bonds. The second-order valence-corrected chi connectivity index (χ2v) is 10.5. The molecule has 1 atom stereocenters. The van der Waals surface area contributed by atoms with Crippen molar-refractivity contribution < 1.29 is 0 Å². The van der Waals surface area contributed by atoms with Gasteiger partial charge in [0.2, 0.25) is 0 Å². The molecule has 0 saturated carbocycles. The van der Waals surface area contributed by atoms with E-state index in [1.165, 1.54) is 72.0 Å². The van der Waals surface area contributed by atoms with Crippen molar-refractivity contribution in [2.45, 2.75) is 18.8 Å². The maximum Gasteiger partial charge on any atom is 0.0725 e. The Labute approximate surface area is 217 Å². The third-order valence-electron chi connectivity index (χ3n) is 8.53. The monoisotopic (exact) mass is 470 g/mol. The first-order valence-electron chi connectivity index (χ1n) is 13.2. The fourth-order valence-electron chi connectivity index (χ4n) is 6.95. The maximum absolute atomic E-state index is 2.48.